The molecule has 0 heterocycles. The maximum absolute atomic E-state index is 9.33. The summed E-state index contributed by atoms with van der Waals surface area (Å²) in [7, 11) is -3.29. The van der Waals surface area contributed by atoms with Gasteiger partial charge in [-0.05, 0) is 0 Å². The van der Waals surface area contributed by atoms with Crippen molar-refractivity contribution in [2.75, 3.05) is 7.11 Å². The minimum absolute atomic E-state index is 0. The highest BCUT2D eigenvalue weighted by molar-refractivity contribution is 8.93. The van der Waals surface area contributed by atoms with Crippen LogP contribution in [-0.2, 0) is 14.6 Å². The minimum atomic E-state index is -4.16. The summed E-state index contributed by atoms with van der Waals surface area (Å²) in [4.78, 5) is 0. The SMILES string of the molecule is Br.COS(=O)(=O)O.Cl. The summed E-state index contributed by atoms with van der Waals surface area (Å²) in [6, 6.07) is 0. The van der Waals surface area contributed by atoms with E-state index in [0.717, 1.165) is 7.11 Å². The molecule has 0 unspecified atom stereocenters. The molecule has 0 aliphatic heterocycles. The van der Waals surface area contributed by atoms with E-state index in [0.29, 0.717) is 0 Å². The first-order valence-electron chi connectivity index (χ1n) is 1.09. The van der Waals surface area contributed by atoms with Crippen LogP contribution in [-0.4, -0.2) is 20.1 Å². The third-order valence-electron chi connectivity index (χ3n) is 0.211. The Kier molecular flexibility index (Phi) is 11.4. The van der Waals surface area contributed by atoms with Gasteiger partial charge in [0.2, 0.25) is 0 Å². The van der Waals surface area contributed by atoms with Crippen LogP contribution < -0.4 is 0 Å². The fourth-order valence-corrected chi connectivity index (χ4v) is 0. The second kappa shape index (κ2) is 5.77. The summed E-state index contributed by atoms with van der Waals surface area (Å²) in [5, 5.41) is 0. The van der Waals surface area contributed by atoms with E-state index in [1.54, 1.807) is 0 Å². The van der Waals surface area contributed by atoms with Gasteiger partial charge in [0.15, 0.2) is 0 Å². The van der Waals surface area contributed by atoms with Crippen LogP contribution in [0.4, 0.5) is 0 Å². The van der Waals surface area contributed by atoms with Gasteiger partial charge in [-0.25, -0.2) is 0 Å². The van der Waals surface area contributed by atoms with E-state index in [4.69, 9.17) is 4.55 Å². The third kappa shape index (κ3) is 15.9. The Morgan fingerprint density at radius 3 is 1.62 bits per heavy atom. The van der Waals surface area contributed by atoms with Gasteiger partial charge in [-0.2, -0.15) is 8.42 Å². The van der Waals surface area contributed by atoms with Crippen molar-refractivity contribution in [1.29, 1.82) is 0 Å². The van der Waals surface area contributed by atoms with E-state index in [-0.39, 0.29) is 29.4 Å². The second-order valence-corrected chi connectivity index (χ2v) is 1.78. The molecule has 8 heavy (non-hydrogen) atoms. The molecule has 0 aliphatic carbocycles. The molecule has 0 aromatic rings. The summed E-state index contributed by atoms with van der Waals surface area (Å²) in [5.74, 6) is 0. The molecule has 0 aliphatic rings. The van der Waals surface area contributed by atoms with Crippen molar-refractivity contribution >= 4 is 39.8 Å². The summed E-state index contributed by atoms with van der Waals surface area (Å²) < 4.78 is 29.7. The van der Waals surface area contributed by atoms with Gasteiger partial charge in [0.1, 0.15) is 0 Å². The Balaban J connectivity index is -0.000000125. The van der Waals surface area contributed by atoms with Crippen molar-refractivity contribution < 1.29 is 17.2 Å². The van der Waals surface area contributed by atoms with Crippen LogP contribution in [0.15, 0.2) is 0 Å². The lowest BCUT2D eigenvalue weighted by Crippen LogP contribution is -1.96. The normalized spacial score (nSPS) is 8.75. The number of hydrogen-bond donors (Lipinski definition) is 1. The van der Waals surface area contributed by atoms with Crippen molar-refractivity contribution in [3.8, 4) is 0 Å². The standard InChI is InChI=1S/CH4O4S.BrH.ClH/c1-5-6(2,3)4;;/h1H3,(H,2,3,4);2*1H. The number of rotatable bonds is 1. The lowest BCUT2D eigenvalue weighted by Gasteiger charge is -1.82. The van der Waals surface area contributed by atoms with Crippen LogP contribution in [0.3, 0.4) is 0 Å². The van der Waals surface area contributed by atoms with E-state index in [2.05, 4.69) is 4.18 Å². The molecule has 0 saturated heterocycles. The Labute approximate surface area is 64.4 Å². The smallest absolute Gasteiger partial charge is 0.264 e. The first-order valence-corrected chi connectivity index (χ1v) is 2.46. The first-order chi connectivity index (χ1) is 2.56. The maximum Gasteiger partial charge on any atom is 0.397 e. The summed E-state index contributed by atoms with van der Waals surface area (Å²) >= 11 is 0. The second-order valence-electron chi connectivity index (χ2n) is 0.594. The molecule has 4 nitrogen and oxygen atoms in total. The zero-order valence-electron chi connectivity index (χ0n) is 3.90. The van der Waals surface area contributed by atoms with Crippen molar-refractivity contribution in [3.63, 3.8) is 0 Å². The predicted molar refractivity (Wildman–Crippen MR) is 36.1 cm³/mol. The van der Waals surface area contributed by atoms with Crippen molar-refractivity contribution in [2.24, 2.45) is 0 Å². The quantitative estimate of drug-likeness (QED) is 0.663. The van der Waals surface area contributed by atoms with Crippen LogP contribution in [0.1, 0.15) is 0 Å². The molecular weight excluding hydrogens is 223 g/mol. The van der Waals surface area contributed by atoms with Gasteiger partial charge in [-0.1, -0.05) is 0 Å². The molecule has 0 aromatic carbocycles. The van der Waals surface area contributed by atoms with E-state index >= 15 is 0 Å². The van der Waals surface area contributed by atoms with Crippen molar-refractivity contribution in [1.82, 2.24) is 0 Å². The first kappa shape index (κ1) is 15.9. The van der Waals surface area contributed by atoms with Crippen molar-refractivity contribution in [2.45, 2.75) is 0 Å². The number of hydrogen-bond acceptors (Lipinski definition) is 3. The van der Waals surface area contributed by atoms with E-state index < -0.39 is 10.4 Å². The van der Waals surface area contributed by atoms with Crippen LogP contribution >= 0.6 is 29.4 Å². The lowest BCUT2D eigenvalue weighted by molar-refractivity contribution is 0.324. The summed E-state index contributed by atoms with van der Waals surface area (Å²) in [6.45, 7) is 0. The molecule has 0 spiro atoms. The fraction of sp³-hybridized carbons (Fsp3) is 1.00. The topological polar surface area (TPSA) is 63.6 Å². The van der Waals surface area contributed by atoms with Crippen LogP contribution in [0.5, 0.6) is 0 Å². The lowest BCUT2D eigenvalue weighted by atomic mass is 11.8. The fourth-order valence-electron chi connectivity index (χ4n) is 0. The molecule has 0 radical (unpaired) electrons. The van der Waals surface area contributed by atoms with Gasteiger partial charge < -0.3 is 0 Å². The molecule has 0 atom stereocenters. The molecule has 54 valence electrons. The molecule has 0 amide bonds. The molecule has 0 fully saturated rings. The summed E-state index contributed by atoms with van der Waals surface area (Å²) in [6.07, 6.45) is 0. The van der Waals surface area contributed by atoms with Crippen molar-refractivity contribution in [3.05, 3.63) is 0 Å². The van der Waals surface area contributed by atoms with Crippen LogP contribution in [0.25, 0.3) is 0 Å². The Hall–Kier alpha value is 0.640. The molecule has 0 rings (SSSR count). The predicted octanol–water partition coefficient (Wildman–Crippen LogP) is 0.435. The zero-order valence-corrected chi connectivity index (χ0v) is 7.24. The highest BCUT2D eigenvalue weighted by atomic mass is 79.9. The summed E-state index contributed by atoms with van der Waals surface area (Å²) in [5.41, 5.74) is 0. The molecule has 1 N–H and O–H groups in total. The Bertz CT molecular complexity index is 118. The van der Waals surface area contributed by atoms with Gasteiger partial charge in [0.25, 0.3) is 0 Å². The van der Waals surface area contributed by atoms with Crippen LogP contribution in [0.2, 0.25) is 0 Å². The maximum atomic E-state index is 9.33. The molecule has 0 aromatic heterocycles. The van der Waals surface area contributed by atoms with Crippen LogP contribution in [0, 0.1) is 0 Å². The molecule has 7 heteroatoms. The Morgan fingerprint density at radius 2 is 1.62 bits per heavy atom. The van der Waals surface area contributed by atoms with Gasteiger partial charge in [0, 0.05) is 0 Å². The average Bonchev–Trinajstić information content (AvgIpc) is 1.35. The minimum Gasteiger partial charge on any atom is -0.264 e. The third-order valence-corrected chi connectivity index (χ3v) is 0.632. The van der Waals surface area contributed by atoms with E-state index in [1.165, 1.54) is 0 Å². The van der Waals surface area contributed by atoms with E-state index in [9.17, 15) is 8.42 Å². The highest BCUT2D eigenvalue weighted by Crippen LogP contribution is 1.74. The average molecular weight is 229 g/mol. The van der Waals surface area contributed by atoms with Gasteiger partial charge in [-0.3, -0.25) is 8.74 Å². The molecule has 0 bridgehead atoms. The highest BCUT2D eigenvalue weighted by Gasteiger charge is 1.93. The Morgan fingerprint density at radius 1 is 1.50 bits per heavy atom. The van der Waals surface area contributed by atoms with Gasteiger partial charge >= 0.3 is 10.4 Å². The zero-order chi connectivity index (χ0) is 5.21. The monoisotopic (exact) mass is 228 g/mol. The van der Waals surface area contributed by atoms with E-state index in [1.807, 2.05) is 0 Å². The molecular formula is CH6BrClO4S. The van der Waals surface area contributed by atoms with Gasteiger partial charge in [-0.15, -0.1) is 29.4 Å². The molecule has 0 saturated carbocycles. The largest absolute Gasteiger partial charge is 0.397 e. The number of halogens is 2. The van der Waals surface area contributed by atoms with Gasteiger partial charge in [0.05, 0.1) is 7.11 Å².